The van der Waals surface area contributed by atoms with E-state index < -0.39 is 27.8 Å². The van der Waals surface area contributed by atoms with Gasteiger partial charge in [0, 0.05) is 43.3 Å². The fourth-order valence-corrected chi connectivity index (χ4v) is 7.21. The van der Waals surface area contributed by atoms with Crippen LogP contribution in [0.1, 0.15) is 67.2 Å². The van der Waals surface area contributed by atoms with E-state index in [1.165, 1.54) is 5.56 Å². The van der Waals surface area contributed by atoms with Crippen LogP contribution in [0.4, 0.5) is 0 Å². The Bertz CT molecular complexity index is 1510. The number of fused-ring (bicyclic) bond motifs is 1. The average molecular weight is 592 g/mol. The van der Waals surface area contributed by atoms with Crippen LogP contribution in [0.5, 0.6) is 5.75 Å². The first-order chi connectivity index (χ1) is 20.0. The molecule has 2 heterocycles. The summed E-state index contributed by atoms with van der Waals surface area (Å²) in [6, 6.07) is 21.2. The summed E-state index contributed by atoms with van der Waals surface area (Å²) in [4.78, 5) is 18.2. The van der Waals surface area contributed by atoms with E-state index in [-0.39, 0.29) is 16.8 Å². The van der Waals surface area contributed by atoms with E-state index in [0.717, 1.165) is 38.0 Å². The first-order valence-corrected chi connectivity index (χ1v) is 16.2. The molecule has 0 aromatic heterocycles. The van der Waals surface area contributed by atoms with Crippen LogP contribution in [-0.4, -0.2) is 66.6 Å². The molecule has 224 valence electrons. The van der Waals surface area contributed by atoms with Crippen LogP contribution in [0.15, 0.2) is 77.7 Å². The van der Waals surface area contributed by atoms with Crippen molar-refractivity contribution in [1.29, 1.82) is 0 Å². The fourth-order valence-electron chi connectivity index (χ4n) is 5.99. The van der Waals surface area contributed by atoms with Crippen LogP contribution in [0.2, 0.25) is 0 Å². The quantitative estimate of drug-likeness (QED) is 0.379. The highest BCUT2D eigenvalue weighted by atomic mass is 32.2. The Labute approximate surface area is 249 Å². The Morgan fingerprint density at radius 1 is 1.05 bits per heavy atom. The van der Waals surface area contributed by atoms with Gasteiger partial charge in [0.2, 0.25) is 10.0 Å². The molecule has 1 fully saturated rings. The highest BCUT2D eigenvalue weighted by molar-refractivity contribution is 7.89. The SMILES string of the molecule is CCc1ccc(S(=O)(=O)N[C@@H]2c3cc(C(=O)N(CC)C4CCN(Cc5ccccc5)C4)ccc3OC(C)(C)[C@H]2O)cc1. The molecule has 0 aliphatic carbocycles. The first kappa shape index (κ1) is 30.2. The van der Waals surface area contributed by atoms with Gasteiger partial charge in [-0.3, -0.25) is 9.69 Å². The number of nitrogens with one attached hydrogen (secondary N) is 1. The van der Waals surface area contributed by atoms with Crippen LogP contribution >= 0.6 is 0 Å². The van der Waals surface area contributed by atoms with Crippen LogP contribution in [0.25, 0.3) is 0 Å². The normalized spacial score (nSPS) is 21.9. The van der Waals surface area contributed by atoms with Crippen molar-refractivity contribution in [3.63, 3.8) is 0 Å². The van der Waals surface area contributed by atoms with Crippen LogP contribution in [0, 0.1) is 0 Å². The van der Waals surface area contributed by atoms with Gasteiger partial charge >= 0.3 is 0 Å². The Morgan fingerprint density at radius 2 is 1.76 bits per heavy atom. The molecule has 3 aromatic rings. The predicted octanol–water partition coefficient (Wildman–Crippen LogP) is 4.54. The first-order valence-electron chi connectivity index (χ1n) is 14.7. The van der Waals surface area contributed by atoms with E-state index in [9.17, 15) is 18.3 Å². The maximum absolute atomic E-state index is 13.9. The number of rotatable bonds is 9. The molecule has 42 heavy (non-hydrogen) atoms. The molecule has 2 N–H and O–H groups in total. The minimum Gasteiger partial charge on any atom is -0.485 e. The van der Waals surface area contributed by atoms with Crippen molar-refractivity contribution in [2.24, 2.45) is 0 Å². The zero-order chi connectivity index (χ0) is 30.1. The zero-order valence-electron chi connectivity index (χ0n) is 24.8. The fraction of sp³-hybridized carbons (Fsp3) is 0.424. The second kappa shape index (κ2) is 12.2. The molecule has 3 atom stereocenters. The van der Waals surface area contributed by atoms with Crippen molar-refractivity contribution in [2.75, 3.05) is 19.6 Å². The number of carbonyl (C=O) groups is 1. The summed E-state index contributed by atoms with van der Waals surface area (Å²) in [5.74, 6) is 0.316. The van der Waals surface area contributed by atoms with E-state index in [1.807, 2.05) is 36.9 Å². The Kier molecular flexibility index (Phi) is 8.76. The van der Waals surface area contributed by atoms with Crippen LogP contribution < -0.4 is 9.46 Å². The number of hydrogen-bond donors (Lipinski definition) is 2. The zero-order valence-corrected chi connectivity index (χ0v) is 25.6. The maximum Gasteiger partial charge on any atom is 0.254 e. The molecule has 1 saturated heterocycles. The highest BCUT2D eigenvalue weighted by Crippen LogP contribution is 2.41. The molecule has 0 radical (unpaired) electrons. The van der Waals surface area contributed by atoms with Gasteiger partial charge in [-0.05, 0) is 75.1 Å². The standard InChI is InChI=1S/C33H41N3O5S/c1-5-23-12-15-27(16-13-23)42(39,40)34-30-28-20-25(14-17-29(28)41-33(3,4)31(30)37)32(38)36(6-2)26-18-19-35(22-26)21-24-10-8-7-9-11-24/h7-17,20,26,30-31,34,37H,5-6,18-19,21-22H2,1-4H3/t26?,30-,31+/m1/s1. The summed E-state index contributed by atoms with van der Waals surface area (Å²) in [6.07, 6.45) is 0.488. The smallest absolute Gasteiger partial charge is 0.254 e. The number of aliphatic hydroxyl groups excluding tert-OH is 1. The summed E-state index contributed by atoms with van der Waals surface area (Å²) >= 11 is 0. The predicted molar refractivity (Wildman–Crippen MR) is 163 cm³/mol. The number of aryl methyl sites for hydroxylation is 1. The van der Waals surface area contributed by atoms with E-state index in [2.05, 4.69) is 21.8 Å². The Balaban J connectivity index is 1.39. The second-order valence-corrected chi connectivity index (χ2v) is 13.5. The molecule has 0 bridgehead atoms. The van der Waals surface area contributed by atoms with Gasteiger partial charge in [0.15, 0.2) is 0 Å². The van der Waals surface area contributed by atoms with Crippen molar-refractivity contribution in [2.45, 2.75) is 75.8 Å². The lowest BCUT2D eigenvalue weighted by Gasteiger charge is -2.42. The van der Waals surface area contributed by atoms with E-state index in [1.54, 1.807) is 56.3 Å². The number of amides is 1. The lowest BCUT2D eigenvalue weighted by Crippen LogP contribution is -2.53. The molecule has 0 spiro atoms. The van der Waals surface area contributed by atoms with Gasteiger partial charge in [-0.15, -0.1) is 0 Å². The molecule has 5 rings (SSSR count). The van der Waals surface area contributed by atoms with Crippen molar-refractivity contribution < 1.29 is 23.1 Å². The van der Waals surface area contributed by atoms with Gasteiger partial charge in [0.05, 0.1) is 10.9 Å². The molecular weight excluding hydrogens is 550 g/mol. The monoisotopic (exact) mass is 591 g/mol. The van der Waals surface area contributed by atoms with E-state index in [4.69, 9.17) is 4.74 Å². The summed E-state index contributed by atoms with van der Waals surface area (Å²) in [6.45, 7) is 10.5. The maximum atomic E-state index is 13.9. The average Bonchev–Trinajstić information content (AvgIpc) is 3.43. The van der Waals surface area contributed by atoms with Gasteiger partial charge < -0.3 is 14.7 Å². The number of nitrogens with zero attached hydrogens (tertiary/aromatic N) is 2. The molecule has 3 aromatic carbocycles. The molecule has 1 amide bonds. The minimum atomic E-state index is -3.98. The lowest BCUT2D eigenvalue weighted by molar-refractivity contribution is -0.0603. The minimum absolute atomic E-state index is 0.0726. The van der Waals surface area contributed by atoms with Gasteiger partial charge in [-0.1, -0.05) is 49.4 Å². The highest BCUT2D eigenvalue weighted by Gasteiger charge is 2.45. The Hall–Kier alpha value is -3.24. The molecule has 0 saturated carbocycles. The molecule has 9 heteroatoms. The summed E-state index contributed by atoms with van der Waals surface area (Å²) in [5, 5.41) is 11.3. The third-order valence-electron chi connectivity index (χ3n) is 8.46. The molecule has 2 aliphatic rings. The summed E-state index contributed by atoms with van der Waals surface area (Å²) in [7, 11) is -3.98. The second-order valence-electron chi connectivity index (χ2n) is 11.8. The van der Waals surface area contributed by atoms with Crippen molar-refractivity contribution >= 4 is 15.9 Å². The number of benzene rings is 3. The number of carbonyl (C=O) groups excluding carboxylic acids is 1. The number of likely N-dealkylation sites (N-methyl/N-ethyl adjacent to an activating group) is 1. The molecule has 2 aliphatic heterocycles. The van der Waals surface area contributed by atoms with E-state index in [0.29, 0.717) is 23.4 Å². The van der Waals surface area contributed by atoms with Crippen molar-refractivity contribution in [3.8, 4) is 5.75 Å². The topological polar surface area (TPSA) is 99.2 Å². The number of likely N-dealkylation sites (tertiary alicyclic amines) is 1. The molecule has 8 nitrogen and oxygen atoms in total. The van der Waals surface area contributed by atoms with E-state index >= 15 is 0 Å². The Morgan fingerprint density at radius 3 is 2.43 bits per heavy atom. The van der Waals surface area contributed by atoms with Crippen molar-refractivity contribution in [3.05, 3.63) is 95.1 Å². The van der Waals surface area contributed by atoms with Crippen LogP contribution in [-0.2, 0) is 23.0 Å². The third-order valence-corrected chi connectivity index (χ3v) is 9.91. The van der Waals surface area contributed by atoms with Gasteiger partial charge in [-0.2, -0.15) is 0 Å². The van der Waals surface area contributed by atoms with Gasteiger partial charge in [0.1, 0.15) is 17.5 Å². The third kappa shape index (κ3) is 6.24. The molecule has 1 unspecified atom stereocenters. The van der Waals surface area contributed by atoms with Crippen LogP contribution in [0.3, 0.4) is 0 Å². The number of hydrogen-bond acceptors (Lipinski definition) is 6. The summed E-state index contributed by atoms with van der Waals surface area (Å²) < 4.78 is 35.7. The van der Waals surface area contributed by atoms with Crippen molar-refractivity contribution in [1.82, 2.24) is 14.5 Å². The van der Waals surface area contributed by atoms with Gasteiger partial charge in [0.25, 0.3) is 5.91 Å². The number of aliphatic hydroxyl groups is 1. The summed E-state index contributed by atoms with van der Waals surface area (Å²) in [5.41, 5.74) is 2.09. The largest absolute Gasteiger partial charge is 0.485 e. The van der Waals surface area contributed by atoms with Gasteiger partial charge in [-0.25, -0.2) is 13.1 Å². The number of sulfonamides is 1. The number of ether oxygens (including phenoxy) is 1. The molecular formula is C33H41N3O5S. The lowest BCUT2D eigenvalue weighted by atomic mass is 9.86.